The molecule has 0 aliphatic rings. The molecule has 1 aromatic heterocycles. The zero-order valence-corrected chi connectivity index (χ0v) is 11.7. The maximum Gasteiger partial charge on any atom is 0.241 e. The minimum atomic E-state index is -0.694. The van der Waals surface area contributed by atoms with E-state index in [0.29, 0.717) is 0 Å². The van der Waals surface area contributed by atoms with Crippen LogP contribution in [-0.2, 0) is 11.3 Å². The summed E-state index contributed by atoms with van der Waals surface area (Å²) >= 11 is 0. The number of aliphatic hydroxyl groups is 1. The zero-order chi connectivity index (χ0) is 14.5. The minimum Gasteiger partial charge on any atom is -0.387 e. The van der Waals surface area contributed by atoms with Crippen molar-refractivity contribution in [2.45, 2.75) is 26.5 Å². The van der Waals surface area contributed by atoms with Gasteiger partial charge in [0.2, 0.25) is 5.91 Å². The number of hydrogen-bond donors (Lipinski definition) is 2. The Kier molecular flexibility index (Phi) is 4.53. The molecule has 0 saturated heterocycles. The SMILES string of the molecule is Cc1cc(C)n(CC(=O)NCC(O)c2ccccc2)n1. The first-order chi connectivity index (χ1) is 9.56. The molecule has 2 N–H and O–H groups in total. The Bertz CT molecular complexity index is 578. The van der Waals surface area contributed by atoms with E-state index in [1.807, 2.05) is 50.2 Å². The standard InChI is InChI=1S/C15H19N3O2/c1-11-8-12(2)18(17-11)10-15(20)16-9-14(19)13-6-4-3-5-7-13/h3-8,14,19H,9-10H2,1-2H3,(H,16,20). The van der Waals surface area contributed by atoms with Gasteiger partial charge in [-0.2, -0.15) is 5.10 Å². The van der Waals surface area contributed by atoms with Crippen LogP contribution in [0.15, 0.2) is 36.4 Å². The first-order valence-corrected chi connectivity index (χ1v) is 6.57. The molecule has 0 aliphatic carbocycles. The number of aliphatic hydroxyl groups excluding tert-OH is 1. The first kappa shape index (κ1) is 14.3. The van der Waals surface area contributed by atoms with Gasteiger partial charge in [-0.3, -0.25) is 9.48 Å². The number of hydrogen-bond acceptors (Lipinski definition) is 3. The van der Waals surface area contributed by atoms with Gasteiger partial charge in [0.05, 0.1) is 11.8 Å². The molecule has 1 atom stereocenters. The third-order valence-corrected chi connectivity index (χ3v) is 3.07. The molecule has 0 aliphatic heterocycles. The van der Waals surface area contributed by atoms with E-state index in [9.17, 15) is 9.90 Å². The van der Waals surface area contributed by atoms with Crippen LogP contribution >= 0.6 is 0 Å². The normalized spacial score (nSPS) is 12.2. The minimum absolute atomic E-state index is 0.161. The number of benzene rings is 1. The van der Waals surface area contributed by atoms with Gasteiger partial charge in [-0.25, -0.2) is 0 Å². The monoisotopic (exact) mass is 273 g/mol. The molecule has 2 rings (SSSR count). The average Bonchev–Trinajstić information content (AvgIpc) is 2.75. The van der Waals surface area contributed by atoms with E-state index < -0.39 is 6.10 Å². The van der Waals surface area contributed by atoms with Crippen molar-refractivity contribution in [3.05, 3.63) is 53.3 Å². The second-order valence-electron chi connectivity index (χ2n) is 4.82. The topological polar surface area (TPSA) is 67.2 Å². The Balaban J connectivity index is 1.85. The van der Waals surface area contributed by atoms with Crippen molar-refractivity contribution in [3.63, 3.8) is 0 Å². The fourth-order valence-electron chi connectivity index (χ4n) is 2.03. The highest BCUT2D eigenvalue weighted by atomic mass is 16.3. The molecule has 0 spiro atoms. The van der Waals surface area contributed by atoms with Crippen molar-refractivity contribution in [1.29, 1.82) is 0 Å². The van der Waals surface area contributed by atoms with Crippen LogP contribution in [0.25, 0.3) is 0 Å². The lowest BCUT2D eigenvalue weighted by molar-refractivity contribution is -0.122. The summed E-state index contributed by atoms with van der Waals surface area (Å²) in [6.45, 7) is 4.16. The van der Waals surface area contributed by atoms with E-state index in [4.69, 9.17) is 0 Å². The molecular weight excluding hydrogens is 254 g/mol. The van der Waals surface area contributed by atoms with Crippen LogP contribution < -0.4 is 5.32 Å². The van der Waals surface area contributed by atoms with E-state index in [0.717, 1.165) is 17.0 Å². The number of aromatic nitrogens is 2. The van der Waals surface area contributed by atoms with Crippen molar-refractivity contribution in [1.82, 2.24) is 15.1 Å². The largest absolute Gasteiger partial charge is 0.387 e. The predicted molar refractivity (Wildman–Crippen MR) is 76.1 cm³/mol. The molecule has 20 heavy (non-hydrogen) atoms. The number of amides is 1. The highest BCUT2D eigenvalue weighted by molar-refractivity contribution is 5.75. The summed E-state index contributed by atoms with van der Waals surface area (Å²) in [6.07, 6.45) is -0.694. The number of nitrogens with zero attached hydrogens (tertiary/aromatic N) is 2. The Labute approximate surface area is 118 Å². The fraction of sp³-hybridized carbons (Fsp3) is 0.333. The molecule has 1 aromatic carbocycles. The Morgan fingerprint density at radius 2 is 2.05 bits per heavy atom. The molecule has 2 aromatic rings. The van der Waals surface area contributed by atoms with Crippen LogP contribution in [0.2, 0.25) is 0 Å². The highest BCUT2D eigenvalue weighted by Gasteiger charge is 2.10. The van der Waals surface area contributed by atoms with Crippen LogP contribution in [0.5, 0.6) is 0 Å². The van der Waals surface area contributed by atoms with Crippen molar-refractivity contribution in [3.8, 4) is 0 Å². The highest BCUT2D eigenvalue weighted by Crippen LogP contribution is 2.10. The summed E-state index contributed by atoms with van der Waals surface area (Å²) in [5, 5.41) is 16.9. The second kappa shape index (κ2) is 6.34. The van der Waals surface area contributed by atoms with E-state index >= 15 is 0 Å². The third kappa shape index (κ3) is 3.68. The summed E-state index contributed by atoms with van der Waals surface area (Å²) in [7, 11) is 0. The van der Waals surface area contributed by atoms with E-state index in [-0.39, 0.29) is 19.0 Å². The second-order valence-corrected chi connectivity index (χ2v) is 4.82. The summed E-state index contributed by atoms with van der Waals surface area (Å²) in [4.78, 5) is 11.8. The van der Waals surface area contributed by atoms with Gasteiger partial charge in [0.25, 0.3) is 0 Å². The van der Waals surface area contributed by atoms with Crippen molar-refractivity contribution in [2.75, 3.05) is 6.54 Å². The van der Waals surface area contributed by atoms with Gasteiger partial charge in [0, 0.05) is 12.2 Å². The third-order valence-electron chi connectivity index (χ3n) is 3.07. The molecule has 1 heterocycles. The maximum atomic E-state index is 11.8. The number of carbonyl (C=O) groups excluding carboxylic acids is 1. The summed E-state index contributed by atoms with van der Waals surface area (Å²) in [5.41, 5.74) is 2.62. The van der Waals surface area contributed by atoms with Crippen molar-refractivity contribution in [2.24, 2.45) is 0 Å². The molecule has 5 heteroatoms. The fourth-order valence-corrected chi connectivity index (χ4v) is 2.03. The molecule has 0 saturated carbocycles. The Morgan fingerprint density at radius 3 is 2.65 bits per heavy atom. The van der Waals surface area contributed by atoms with Crippen LogP contribution in [-0.4, -0.2) is 27.3 Å². The number of carbonyl (C=O) groups is 1. The van der Waals surface area contributed by atoms with Crippen molar-refractivity contribution >= 4 is 5.91 Å². The Hall–Kier alpha value is -2.14. The molecule has 0 fully saturated rings. The number of nitrogens with one attached hydrogen (secondary N) is 1. The maximum absolute atomic E-state index is 11.8. The average molecular weight is 273 g/mol. The van der Waals surface area contributed by atoms with Gasteiger partial charge in [0.1, 0.15) is 6.54 Å². The van der Waals surface area contributed by atoms with Gasteiger partial charge < -0.3 is 10.4 Å². The number of aryl methyl sites for hydroxylation is 2. The van der Waals surface area contributed by atoms with Crippen LogP contribution in [0, 0.1) is 13.8 Å². The lowest BCUT2D eigenvalue weighted by Crippen LogP contribution is -2.32. The molecule has 0 radical (unpaired) electrons. The van der Waals surface area contributed by atoms with Gasteiger partial charge in [-0.15, -0.1) is 0 Å². The number of rotatable bonds is 5. The molecular formula is C15H19N3O2. The summed E-state index contributed by atoms with van der Waals surface area (Å²) in [5.74, 6) is -0.161. The molecule has 5 nitrogen and oxygen atoms in total. The van der Waals surface area contributed by atoms with Gasteiger partial charge in [-0.1, -0.05) is 30.3 Å². The predicted octanol–water partition coefficient (Wildman–Crippen LogP) is 1.35. The summed E-state index contributed by atoms with van der Waals surface area (Å²) < 4.78 is 1.65. The lowest BCUT2D eigenvalue weighted by Gasteiger charge is -2.12. The zero-order valence-electron chi connectivity index (χ0n) is 11.7. The molecule has 1 unspecified atom stereocenters. The molecule has 0 bridgehead atoms. The quantitative estimate of drug-likeness (QED) is 0.864. The summed E-state index contributed by atoms with van der Waals surface area (Å²) in [6, 6.07) is 11.2. The smallest absolute Gasteiger partial charge is 0.241 e. The van der Waals surface area contributed by atoms with E-state index in [2.05, 4.69) is 10.4 Å². The Morgan fingerprint density at radius 1 is 1.35 bits per heavy atom. The van der Waals surface area contributed by atoms with Crippen LogP contribution in [0.3, 0.4) is 0 Å². The van der Waals surface area contributed by atoms with Crippen LogP contribution in [0.1, 0.15) is 23.1 Å². The van der Waals surface area contributed by atoms with Crippen molar-refractivity contribution < 1.29 is 9.90 Å². The molecule has 106 valence electrons. The van der Waals surface area contributed by atoms with Gasteiger partial charge in [0.15, 0.2) is 0 Å². The lowest BCUT2D eigenvalue weighted by atomic mass is 10.1. The van der Waals surface area contributed by atoms with Crippen LogP contribution in [0.4, 0.5) is 0 Å². The van der Waals surface area contributed by atoms with Gasteiger partial charge >= 0.3 is 0 Å². The molecule has 1 amide bonds. The van der Waals surface area contributed by atoms with Gasteiger partial charge in [-0.05, 0) is 25.5 Å². The van der Waals surface area contributed by atoms with E-state index in [1.165, 1.54) is 0 Å². The first-order valence-electron chi connectivity index (χ1n) is 6.57. The van der Waals surface area contributed by atoms with E-state index in [1.54, 1.807) is 4.68 Å².